The van der Waals surface area contributed by atoms with Crippen molar-refractivity contribution < 1.29 is 0 Å². The smallest absolute Gasteiger partial charge is 0.0765 e. The first-order valence-electron chi connectivity index (χ1n) is 6.81. The fourth-order valence-electron chi connectivity index (χ4n) is 2.21. The molecule has 0 saturated carbocycles. The van der Waals surface area contributed by atoms with E-state index in [1.165, 1.54) is 20.2 Å². The maximum atomic E-state index is 3.48. The van der Waals surface area contributed by atoms with Crippen LogP contribution in [-0.4, -0.2) is 7.05 Å². The molecule has 2 rings (SSSR count). The lowest BCUT2D eigenvalue weighted by Gasteiger charge is -2.17. The SMILES string of the molecule is CCc1ccsc1C(NC)c1ccc(C(C)(C)C)s1. The van der Waals surface area contributed by atoms with Gasteiger partial charge in [0.25, 0.3) is 0 Å². The molecule has 0 amide bonds. The van der Waals surface area contributed by atoms with Gasteiger partial charge in [-0.25, -0.2) is 0 Å². The molecule has 2 aromatic heterocycles. The average Bonchev–Trinajstić information content (AvgIpc) is 2.97. The molecule has 0 saturated heterocycles. The second-order valence-electron chi connectivity index (χ2n) is 5.84. The first kappa shape index (κ1) is 14.8. The van der Waals surface area contributed by atoms with Gasteiger partial charge in [0.05, 0.1) is 6.04 Å². The van der Waals surface area contributed by atoms with Gasteiger partial charge in [0, 0.05) is 14.6 Å². The Hall–Kier alpha value is -0.640. The molecule has 0 aliphatic rings. The van der Waals surface area contributed by atoms with Crippen molar-refractivity contribution in [1.82, 2.24) is 5.32 Å². The summed E-state index contributed by atoms with van der Waals surface area (Å²) in [6.45, 7) is 9.06. The summed E-state index contributed by atoms with van der Waals surface area (Å²) in [6.07, 6.45) is 1.11. The summed E-state index contributed by atoms with van der Waals surface area (Å²) in [5, 5.41) is 5.69. The number of aryl methyl sites for hydroxylation is 1. The van der Waals surface area contributed by atoms with Crippen molar-refractivity contribution in [3.05, 3.63) is 43.8 Å². The molecular weight excluding hydrogens is 270 g/mol. The van der Waals surface area contributed by atoms with Crippen molar-refractivity contribution in [1.29, 1.82) is 0 Å². The van der Waals surface area contributed by atoms with Gasteiger partial charge in [-0.2, -0.15) is 0 Å². The lowest BCUT2D eigenvalue weighted by atomic mass is 9.95. The van der Waals surface area contributed by atoms with E-state index in [-0.39, 0.29) is 5.41 Å². The van der Waals surface area contributed by atoms with E-state index < -0.39 is 0 Å². The zero-order chi connectivity index (χ0) is 14.0. The third-order valence-corrected chi connectivity index (χ3v) is 5.96. The van der Waals surface area contributed by atoms with Crippen LogP contribution in [0.4, 0.5) is 0 Å². The quantitative estimate of drug-likeness (QED) is 0.838. The molecule has 1 nitrogen and oxygen atoms in total. The van der Waals surface area contributed by atoms with Crippen molar-refractivity contribution in [2.24, 2.45) is 0 Å². The predicted octanol–water partition coefficient (Wildman–Crippen LogP) is 4.98. The molecule has 0 spiro atoms. The molecule has 0 fully saturated rings. The van der Waals surface area contributed by atoms with Crippen LogP contribution >= 0.6 is 22.7 Å². The minimum Gasteiger partial charge on any atom is -0.308 e. The maximum absolute atomic E-state index is 3.48. The van der Waals surface area contributed by atoms with Gasteiger partial charge >= 0.3 is 0 Å². The van der Waals surface area contributed by atoms with E-state index in [1.54, 1.807) is 0 Å². The van der Waals surface area contributed by atoms with E-state index in [9.17, 15) is 0 Å². The number of thiophene rings is 2. The van der Waals surface area contributed by atoms with E-state index in [4.69, 9.17) is 0 Å². The van der Waals surface area contributed by atoms with E-state index >= 15 is 0 Å². The van der Waals surface area contributed by atoms with Gasteiger partial charge in [-0.05, 0) is 48.0 Å². The zero-order valence-electron chi connectivity index (χ0n) is 12.4. The molecule has 0 aliphatic carbocycles. The Kier molecular flexibility index (Phi) is 4.49. The monoisotopic (exact) mass is 293 g/mol. The van der Waals surface area contributed by atoms with Gasteiger partial charge in [0.2, 0.25) is 0 Å². The molecule has 0 aliphatic heterocycles. The topological polar surface area (TPSA) is 12.0 Å². The van der Waals surface area contributed by atoms with Crippen molar-refractivity contribution in [2.75, 3.05) is 7.05 Å². The highest BCUT2D eigenvalue weighted by Crippen LogP contribution is 2.37. The highest BCUT2D eigenvalue weighted by Gasteiger charge is 2.22. The van der Waals surface area contributed by atoms with Gasteiger partial charge in [-0.3, -0.25) is 0 Å². The summed E-state index contributed by atoms with van der Waals surface area (Å²) < 4.78 is 0. The second kappa shape index (κ2) is 5.78. The van der Waals surface area contributed by atoms with Gasteiger partial charge in [0.15, 0.2) is 0 Å². The molecule has 0 radical (unpaired) electrons. The molecule has 1 N–H and O–H groups in total. The molecule has 1 unspecified atom stereocenters. The number of hydrogen-bond acceptors (Lipinski definition) is 3. The predicted molar refractivity (Wildman–Crippen MR) is 87.6 cm³/mol. The van der Waals surface area contributed by atoms with E-state index in [1.807, 2.05) is 22.7 Å². The zero-order valence-corrected chi connectivity index (χ0v) is 14.0. The van der Waals surface area contributed by atoms with Gasteiger partial charge in [-0.15, -0.1) is 22.7 Å². The average molecular weight is 294 g/mol. The Morgan fingerprint density at radius 2 is 1.95 bits per heavy atom. The van der Waals surface area contributed by atoms with Crippen molar-refractivity contribution >= 4 is 22.7 Å². The summed E-state index contributed by atoms with van der Waals surface area (Å²) in [7, 11) is 2.06. The Morgan fingerprint density at radius 1 is 1.21 bits per heavy atom. The minimum absolute atomic E-state index is 0.240. The molecule has 0 aromatic carbocycles. The molecular formula is C16H23NS2. The fourth-order valence-corrected chi connectivity index (χ4v) is 4.59. The van der Waals surface area contributed by atoms with Crippen LogP contribution in [0.25, 0.3) is 0 Å². The van der Waals surface area contributed by atoms with Crippen molar-refractivity contribution in [2.45, 2.75) is 45.6 Å². The molecule has 19 heavy (non-hydrogen) atoms. The van der Waals surface area contributed by atoms with Crippen molar-refractivity contribution in [3.63, 3.8) is 0 Å². The third-order valence-electron chi connectivity index (χ3n) is 3.36. The molecule has 104 valence electrons. The van der Waals surface area contributed by atoms with Crippen LogP contribution in [0.5, 0.6) is 0 Å². The van der Waals surface area contributed by atoms with Crippen LogP contribution in [0.3, 0.4) is 0 Å². The Morgan fingerprint density at radius 3 is 2.47 bits per heavy atom. The highest BCUT2D eigenvalue weighted by molar-refractivity contribution is 7.13. The maximum Gasteiger partial charge on any atom is 0.0765 e. The van der Waals surface area contributed by atoms with Crippen molar-refractivity contribution in [3.8, 4) is 0 Å². The third kappa shape index (κ3) is 3.10. The van der Waals surface area contributed by atoms with E-state index in [0.29, 0.717) is 6.04 Å². The largest absolute Gasteiger partial charge is 0.308 e. The normalized spacial score (nSPS) is 13.7. The van der Waals surface area contributed by atoms with E-state index in [0.717, 1.165) is 6.42 Å². The summed E-state index contributed by atoms with van der Waals surface area (Å²) in [6, 6.07) is 7.16. The summed E-state index contributed by atoms with van der Waals surface area (Å²) in [5.74, 6) is 0. The molecule has 3 heteroatoms. The van der Waals surface area contributed by atoms with Crippen LogP contribution in [0, 0.1) is 0 Å². The molecule has 0 bridgehead atoms. The Labute approximate surface area is 124 Å². The van der Waals surface area contributed by atoms with Gasteiger partial charge in [-0.1, -0.05) is 27.7 Å². The van der Waals surface area contributed by atoms with Gasteiger partial charge < -0.3 is 5.32 Å². The molecule has 2 heterocycles. The standard InChI is InChI=1S/C16H23NS2/c1-6-11-9-10-18-15(11)14(17-5)12-7-8-13(19-12)16(2,3)4/h7-10,14,17H,6H2,1-5H3. The minimum atomic E-state index is 0.240. The van der Waals surface area contributed by atoms with Crippen LogP contribution in [-0.2, 0) is 11.8 Å². The summed E-state index contributed by atoms with van der Waals surface area (Å²) in [5.41, 5.74) is 1.71. The Balaban J connectivity index is 2.35. The summed E-state index contributed by atoms with van der Waals surface area (Å²) >= 11 is 3.80. The first-order valence-corrected chi connectivity index (χ1v) is 8.50. The van der Waals surface area contributed by atoms with Crippen LogP contribution in [0.2, 0.25) is 0 Å². The number of rotatable bonds is 4. The lowest BCUT2D eigenvalue weighted by molar-refractivity contribution is 0.604. The van der Waals surface area contributed by atoms with Crippen LogP contribution < -0.4 is 5.32 Å². The first-order chi connectivity index (χ1) is 8.97. The highest BCUT2D eigenvalue weighted by atomic mass is 32.1. The number of hydrogen-bond donors (Lipinski definition) is 1. The van der Waals surface area contributed by atoms with Crippen LogP contribution in [0.15, 0.2) is 23.6 Å². The second-order valence-corrected chi connectivity index (χ2v) is 7.90. The molecule has 1 atom stereocenters. The fraction of sp³-hybridized carbons (Fsp3) is 0.500. The van der Waals surface area contributed by atoms with Crippen LogP contribution in [0.1, 0.15) is 53.9 Å². The van der Waals surface area contributed by atoms with Gasteiger partial charge in [0.1, 0.15) is 0 Å². The summed E-state index contributed by atoms with van der Waals surface area (Å²) in [4.78, 5) is 4.34. The molecule has 2 aromatic rings. The number of nitrogens with one attached hydrogen (secondary N) is 1. The Bertz CT molecular complexity index is 531. The lowest BCUT2D eigenvalue weighted by Crippen LogP contribution is -2.16. The van der Waals surface area contributed by atoms with E-state index in [2.05, 4.69) is 63.6 Å².